The third-order valence-electron chi connectivity index (χ3n) is 5.45. The summed E-state index contributed by atoms with van der Waals surface area (Å²) in [5.41, 5.74) is 0.514. The first-order valence-electron chi connectivity index (χ1n) is 9.10. The molecule has 28 heavy (non-hydrogen) atoms. The highest BCUT2D eigenvalue weighted by Gasteiger charge is 2.36. The van der Waals surface area contributed by atoms with Crippen molar-refractivity contribution in [2.24, 2.45) is 16.5 Å². The van der Waals surface area contributed by atoms with Crippen molar-refractivity contribution in [2.45, 2.75) is 31.1 Å². The van der Waals surface area contributed by atoms with E-state index in [1.807, 2.05) is 0 Å². The standard InChI is InChI=1S/C18H26N4O4S.ClH/c1-18(5-7-20-8-6-18)12-21-17(24)13-9-16(23)22(11-13)14-3-2-4-15(10-14)27(19,25)26;/h2-4,10,13,20H,5-9,11-12H2,1H3,(H,21,24)(H2,19,25,26);1H. The van der Waals surface area contributed by atoms with Crippen LogP contribution in [0.25, 0.3) is 0 Å². The van der Waals surface area contributed by atoms with Crippen molar-refractivity contribution in [3.63, 3.8) is 0 Å². The number of hydrogen-bond donors (Lipinski definition) is 3. The van der Waals surface area contributed by atoms with Gasteiger partial charge in [-0.15, -0.1) is 12.4 Å². The second-order valence-corrected chi connectivity index (χ2v) is 9.29. The molecule has 0 radical (unpaired) electrons. The van der Waals surface area contributed by atoms with Gasteiger partial charge in [0.2, 0.25) is 21.8 Å². The fraction of sp³-hybridized carbons (Fsp3) is 0.556. The van der Waals surface area contributed by atoms with Gasteiger partial charge >= 0.3 is 0 Å². The average molecular weight is 431 g/mol. The van der Waals surface area contributed by atoms with Gasteiger partial charge in [-0.2, -0.15) is 0 Å². The van der Waals surface area contributed by atoms with Crippen molar-refractivity contribution in [1.82, 2.24) is 10.6 Å². The summed E-state index contributed by atoms with van der Waals surface area (Å²) in [5, 5.41) is 11.5. The van der Waals surface area contributed by atoms with Gasteiger partial charge in [-0.05, 0) is 49.5 Å². The molecule has 0 aliphatic carbocycles. The maximum atomic E-state index is 12.6. The number of rotatable bonds is 5. The van der Waals surface area contributed by atoms with Crippen LogP contribution in [0.2, 0.25) is 0 Å². The Kier molecular flexibility index (Phi) is 7.08. The van der Waals surface area contributed by atoms with Gasteiger partial charge in [-0.25, -0.2) is 13.6 Å². The lowest BCUT2D eigenvalue weighted by atomic mass is 9.81. The summed E-state index contributed by atoms with van der Waals surface area (Å²) < 4.78 is 23.1. The van der Waals surface area contributed by atoms with Gasteiger partial charge in [0, 0.05) is 25.2 Å². The van der Waals surface area contributed by atoms with Gasteiger partial charge in [0.1, 0.15) is 0 Å². The third-order valence-corrected chi connectivity index (χ3v) is 6.36. The number of nitrogens with one attached hydrogen (secondary N) is 2. The molecule has 2 heterocycles. The molecular formula is C18H27ClN4O4S. The van der Waals surface area contributed by atoms with Crippen LogP contribution in [0.1, 0.15) is 26.2 Å². The Bertz CT molecular complexity index is 840. The number of hydrogen-bond acceptors (Lipinski definition) is 5. The number of carbonyl (C=O) groups is 2. The Labute approximate surface area is 171 Å². The molecule has 0 saturated carbocycles. The molecule has 0 spiro atoms. The Morgan fingerprint density at radius 2 is 2.04 bits per heavy atom. The zero-order valence-electron chi connectivity index (χ0n) is 15.8. The summed E-state index contributed by atoms with van der Waals surface area (Å²) >= 11 is 0. The van der Waals surface area contributed by atoms with E-state index in [0.717, 1.165) is 25.9 Å². The van der Waals surface area contributed by atoms with E-state index in [1.165, 1.54) is 23.1 Å². The molecule has 2 fully saturated rings. The van der Waals surface area contributed by atoms with Crippen molar-refractivity contribution in [3.8, 4) is 0 Å². The first-order chi connectivity index (χ1) is 12.7. The molecule has 0 aromatic heterocycles. The molecule has 1 aromatic rings. The van der Waals surface area contributed by atoms with Gasteiger partial charge in [0.05, 0.1) is 10.8 Å². The zero-order valence-corrected chi connectivity index (χ0v) is 17.4. The predicted molar refractivity (Wildman–Crippen MR) is 109 cm³/mol. The number of sulfonamides is 1. The van der Waals surface area contributed by atoms with Crippen molar-refractivity contribution in [2.75, 3.05) is 31.1 Å². The minimum absolute atomic E-state index is 0. The normalized spacial score (nSPS) is 21.9. The largest absolute Gasteiger partial charge is 0.355 e. The Balaban J connectivity index is 0.00000280. The number of benzene rings is 1. The van der Waals surface area contributed by atoms with E-state index in [-0.39, 0.29) is 47.5 Å². The Morgan fingerprint density at radius 3 is 2.68 bits per heavy atom. The molecule has 1 aromatic carbocycles. The van der Waals surface area contributed by atoms with Crippen molar-refractivity contribution in [3.05, 3.63) is 24.3 Å². The van der Waals surface area contributed by atoms with Crippen LogP contribution in [0.4, 0.5) is 5.69 Å². The third kappa shape index (κ3) is 5.22. The minimum Gasteiger partial charge on any atom is -0.355 e. The van der Waals surface area contributed by atoms with Gasteiger partial charge in [-0.1, -0.05) is 13.0 Å². The number of nitrogens with two attached hydrogens (primary N) is 1. The topological polar surface area (TPSA) is 122 Å². The molecule has 8 nitrogen and oxygen atoms in total. The lowest BCUT2D eigenvalue weighted by Gasteiger charge is -2.34. The smallest absolute Gasteiger partial charge is 0.238 e. The number of piperidine rings is 1. The van der Waals surface area contributed by atoms with Crippen LogP contribution in [0.15, 0.2) is 29.2 Å². The monoisotopic (exact) mass is 430 g/mol. The molecule has 2 saturated heterocycles. The van der Waals surface area contributed by atoms with Gasteiger partial charge < -0.3 is 15.5 Å². The lowest BCUT2D eigenvalue weighted by molar-refractivity contribution is -0.126. The van der Waals surface area contributed by atoms with E-state index >= 15 is 0 Å². The minimum atomic E-state index is -3.85. The summed E-state index contributed by atoms with van der Waals surface area (Å²) in [6.45, 7) is 4.89. The van der Waals surface area contributed by atoms with Crippen LogP contribution in [-0.4, -0.2) is 46.4 Å². The first-order valence-corrected chi connectivity index (χ1v) is 10.6. The van der Waals surface area contributed by atoms with E-state index in [1.54, 1.807) is 6.07 Å². The summed E-state index contributed by atoms with van der Waals surface area (Å²) in [6.07, 6.45) is 2.12. The maximum Gasteiger partial charge on any atom is 0.238 e. The molecule has 1 unspecified atom stereocenters. The highest BCUT2D eigenvalue weighted by molar-refractivity contribution is 7.89. The highest BCUT2D eigenvalue weighted by atomic mass is 35.5. The van der Waals surface area contributed by atoms with Crippen LogP contribution in [0.3, 0.4) is 0 Å². The molecule has 0 bridgehead atoms. The second kappa shape index (κ2) is 8.77. The number of primary sulfonamides is 1. The average Bonchev–Trinajstić information content (AvgIpc) is 3.02. The van der Waals surface area contributed by atoms with Gasteiger partial charge in [0.15, 0.2) is 0 Å². The van der Waals surface area contributed by atoms with E-state index in [9.17, 15) is 18.0 Å². The van der Waals surface area contributed by atoms with Crippen LogP contribution < -0.4 is 20.7 Å². The van der Waals surface area contributed by atoms with Crippen LogP contribution in [0, 0.1) is 11.3 Å². The van der Waals surface area contributed by atoms with Crippen LogP contribution >= 0.6 is 12.4 Å². The van der Waals surface area contributed by atoms with E-state index in [0.29, 0.717) is 12.2 Å². The highest BCUT2D eigenvalue weighted by Crippen LogP contribution is 2.29. The number of anilines is 1. The van der Waals surface area contributed by atoms with Crippen molar-refractivity contribution in [1.29, 1.82) is 0 Å². The van der Waals surface area contributed by atoms with Gasteiger partial charge in [0.25, 0.3) is 0 Å². The molecule has 1 atom stereocenters. The predicted octanol–water partition coefficient (Wildman–Crippen LogP) is 0.615. The number of amides is 2. The maximum absolute atomic E-state index is 12.6. The SMILES string of the molecule is CC1(CNC(=O)C2CC(=O)N(c3cccc(S(N)(=O)=O)c3)C2)CCNCC1.Cl. The van der Waals surface area contributed by atoms with Crippen LogP contribution in [0.5, 0.6) is 0 Å². The molecule has 2 amide bonds. The molecule has 10 heteroatoms. The molecular weight excluding hydrogens is 404 g/mol. The Morgan fingerprint density at radius 1 is 1.36 bits per heavy atom. The fourth-order valence-electron chi connectivity index (χ4n) is 3.61. The quantitative estimate of drug-likeness (QED) is 0.632. The number of nitrogens with zero attached hydrogens (tertiary/aromatic N) is 1. The summed E-state index contributed by atoms with van der Waals surface area (Å²) in [5.74, 6) is -0.774. The van der Waals surface area contributed by atoms with E-state index in [4.69, 9.17) is 5.14 Å². The van der Waals surface area contributed by atoms with E-state index in [2.05, 4.69) is 17.6 Å². The molecule has 2 aliphatic rings. The Hall–Kier alpha value is -1.68. The van der Waals surface area contributed by atoms with Crippen molar-refractivity contribution < 1.29 is 18.0 Å². The van der Waals surface area contributed by atoms with Crippen LogP contribution in [-0.2, 0) is 19.6 Å². The first kappa shape index (κ1) is 22.6. The summed E-state index contributed by atoms with van der Waals surface area (Å²) in [4.78, 5) is 26.3. The van der Waals surface area contributed by atoms with Gasteiger partial charge in [-0.3, -0.25) is 9.59 Å². The lowest BCUT2D eigenvalue weighted by Crippen LogP contribution is -2.44. The molecule has 3 rings (SSSR count). The fourth-order valence-corrected chi connectivity index (χ4v) is 4.17. The number of halogens is 1. The molecule has 2 aliphatic heterocycles. The number of carbonyl (C=O) groups excluding carboxylic acids is 2. The second-order valence-electron chi connectivity index (χ2n) is 7.73. The summed E-state index contributed by atoms with van der Waals surface area (Å²) in [7, 11) is -3.85. The summed E-state index contributed by atoms with van der Waals surface area (Å²) in [6, 6.07) is 5.92. The molecule has 156 valence electrons. The molecule has 4 N–H and O–H groups in total. The zero-order chi connectivity index (χ0) is 19.7. The van der Waals surface area contributed by atoms with E-state index < -0.39 is 15.9 Å². The van der Waals surface area contributed by atoms with Crippen molar-refractivity contribution >= 4 is 39.9 Å².